The van der Waals surface area contributed by atoms with Gasteiger partial charge < -0.3 is 25.4 Å². The van der Waals surface area contributed by atoms with Gasteiger partial charge in [-0.1, -0.05) is 61.0 Å². The molecule has 3 aromatic rings. The van der Waals surface area contributed by atoms with E-state index in [0.29, 0.717) is 17.7 Å². The summed E-state index contributed by atoms with van der Waals surface area (Å²) in [4.78, 5) is 44.2. The molecule has 3 rings (SSSR count). The van der Waals surface area contributed by atoms with Crippen LogP contribution < -0.4 is 10.6 Å². The number of ether oxygens (including phenoxy) is 1. The number of amides is 3. The quantitative estimate of drug-likeness (QED) is 0.219. The van der Waals surface area contributed by atoms with E-state index in [0.717, 1.165) is 27.8 Å². The van der Waals surface area contributed by atoms with Crippen molar-refractivity contribution in [2.24, 2.45) is 0 Å². The van der Waals surface area contributed by atoms with Gasteiger partial charge in [-0.05, 0) is 109 Å². The zero-order chi connectivity index (χ0) is 33.7. The number of carbonyl (C=O) groups excluding carboxylic acids is 3. The Morgan fingerprint density at radius 2 is 1.47 bits per heavy atom. The number of phenolic OH excluding ortho intramolecular Hbond substituents is 1. The number of benzene rings is 3. The summed E-state index contributed by atoms with van der Waals surface area (Å²) in [5.41, 5.74) is 4.25. The first kappa shape index (κ1) is 35.2. The molecule has 2 unspecified atom stereocenters. The summed E-state index contributed by atoms with van der Waals surface area (Å²) in [5.74, 6) is -0.689. The summed E-state index contributed by atoms with van der Waals surface area (Å²) in [6.45, 7) is 18.9. The van der Waals surface area contributed by atoms with Crippen LogP contribution in [0.2, 0.25) is 0 Å². The van der Waals surface area contributed by atoms with Crippen LogP contribution in [0.25, 0.3) is 0 Å². The molecule has 0 bridgehead atoms. The fourth-order valence-electron chi connectivity index (χ4n) is 5.36. The summed E-state index contributed by atoms with van der Waals surface area (Å²) in [6.07, 6.45) is -0.0842. The lowest BCUT2D eigenvalue weighted by atomic mass is 9.89. The summed E-state index contributed by atoms with van der Waals surface area (Å²) in [6, 6.07) is 16.1. The second-order valence-corrected chi connectivity index (χ2v) is 13.5. The van der Waals surface area contributed by atoms with Gasteiger partial charge in [-0.25, -0.2) is 4.79 Å². The van der Waals surface area contributed by atoms with Gasteiger partial charge in [0.1, 0.15) is 23.4 Å². The number of nitrogens with one attached hydrogen (secondary N) is 2. The van der Waals surface area contributed by atoms with Crippen molar-refractivity contribution in [2.45, 2.75) is 105 Å². The first-order chi connectivity index (χ1) is 20.9. The van der Waals surface area contributed by atoms with Crippen LogP contribution in [0.5, 0.6) is 5.75 Å². The van der Waals surface area contributed by atoms with E-state index in [1.54, 1.807) is 37.8 Å². The summed E-state index contributed by atoms with van der Waals surface area (Å²) in [7, 11) is 0. The SMILES string of the molecule is CCC(C)(C)N(C(=O)C(Cc1ccc(O)cc1)NC(=O)OC(C)(C)C)C(C(=O)Nc1c(C)cccc1C)c1ccc(C)cc1C. The average molecular weight is 616 g/mol. The number of aromatic hydroxyl groups is 1. The lowest BCUT2D eigenvalue weighted by Crippen LogP contribution is -2.59. The highest BCUT2D eigenvalue weighted by molar-refractivity contribution is 6.00. The molecule has 0 fully saturated rings. The second kappa shape index (κ2) is 14.2. The predicted molar refractivity (Wildman–Crippen MR) is 179 cm³/mol. The summed E-state index contributed by atoms with van der Waals surface area (Å²) < 4.78 is 5.56. The van der Waals surface area contributed by atoms with Gasteiger partial charge in [0.2, 0.25) is 5.91 Å². The van der Waals surface area contributed by atoms with Crippen molar-refractivity contribution >= 4 is 23.6 Å². The van der Waals surface area contributed by atoms with E-state index in [4.69, 9.17) is 4.74 Å². The van der Waals surface area contributed by atoms with Crippen molar-refractivity contribution in [3.8, 4) is 5.75 Å². The molecular weight excluding hydrogens is 566 g/mol. The lowest BCUT2D eigenvalue weighted by molar-refractivity contribution is -0.147. The third kappa shape index (κ3) is 9.10. The molecule has 2 atom stereocenters. The van der Waals surface area contributed by atoms with Crippen molar-refractivity contribution in [3.63, 3.8) is 0 Å². The Labute approximate surface area is 268 Å². The highest BCUT2D eigenvalue weighted by atomic mass is 16.6. The topological polar surface area (TPSA) is 108 Å². The maximum absolute atomic E-state index is 14.9. The van der Waals surface area contributed by atoms with E-state index in [-0.39, 0.29) is 18.1 Å². The number of nitrogens with zero attached hydrogens (tertiary/aromatic N) is 1. The van der Waals surface area contributed by atoms with Crippen molar-refractivity contribution in [1.82, 2.24) is 10.2 Å². The number of phenols is 1. The number of anilines is 1. The van der Waals surface area contributed by atoms with E-state index in [1.165, 1.54) is 12.1 Å². The van der Waals surface area contributed by atoms with Crippen molar-refractivity contribution in [2.75, 3.05) is 5.32 Å². The van der Waals surface area contributed by atoms with E-state index in [9.17, 15) is 19.5 Å². The summed E-state index contributed by atoms with van der Waals surface area (Å²) in [5, 5.41) is 15.8. The highest BCUT2D eigenvalue weighted by Crippen LogP contribution is 2.35. The Balaban J connectivity index is 2.21. The largest absolute Gasteiger partial charge is 0.508 e. The molecule has 0 aliphatic rings. The molecule has 0 heterocycles. The number of hydrogen-bond acceptors (Lipinski definition) is 5. The number of rotatable bonds is 10. The molecule has 3 amide bonds. The minimum atomic E-state index is -1.07. The van der Waals surface area contributed by atoms with E-state index in [1.807, 2.05) is 84.9 Å². The first-order valence-corrected chi connectivity index (χ1v) is 15.5. The molecule has 0 radical (unpaired) electrons. The van der Waals surface area contributed by atoms with Crippen molar-refractivity contribution in [1.29, 1.82) is 0 Å². The van der Waals surface area contributed by atoms with Gasteiger partial charge >= 0.3 is 6.09 Å². The third-order valence-corrected chi connectivity index (χ3v) is 8.08. The molecule has 0 aromatic heterocycles. The van der Waals surface area contributed by atoms with Crippen LogP contribution >= 0.6 is 0 Å². The first-order valence-electron chi connectivity index (χ1n) is 15.5. The Hall–Kier alpha value is -4.33. The van der Waals surface area contributed by atoms with Gasteiger partial charge in [-0.15, -0.1) is 0 Å². The minimum absolute atomic E-state index is 0.0913. The molecule has 0 spiro atoms. The maximum atomic E-state index is 14.9. The van der Waals surface area contributed by atoms with Crippen LogP contribution in [0, 0.1) is 27.7 Å². The molecule has 3 aromatic carbocycles. The number of hydrogen-bond donors (Lipinski definition) is 3. The second-order valence-electron chi connectivity index (χ2n) is 13.5. The Morgan fingerprint density at radius 1 is 0.867 bits per heavy atom. The molecule has 45 heavy (non-hydrogen) atoms. The summed E-state index contributed by atoms with van der Waals surface area (Å²) >= 11 is 0. The fraction of sp³-hybridized carbons (Fsp3) is 0.432. The van der Waals surface area contributed by atoms with Crippen LogP contribution in [0.4, 0.5) is 10.5 Å². The average Bonchev–Trinajstić information content (AvgIpc) is 2.93. The number of alkyl carbamates (subject to hydrolysis) is 1. The lowest BCUT2D eigenvalue weighted by Gasteiger charge is -2.45. The van der Waals surface area contributed by atoms with Crippen LogP contribution in [-0.4, -0.2) is 45.1 Å². The highest BCUT2D eigenvalue weighted by Gasteiger charge is 2.43. The molecule has 0 saturated carbocycles. The molecule has 3 N–H and O–H groups in total. The van der Waals surface area contributed by atoms with Crippen LogP contribution in [0.1, 0.15) is 87.4 Å². The predicted octanol–water partition coefficient (Wildman–Crippen LogP) is 7.46. The minimum Gasteiger partial charge on any atom is -0.508 e. The maximum Gasteiger partial charge on any atom is 0.408 e. The Bertz CT molecular complexity index is 1500. The smallest absolute Gasteiger partial charge is 0.408 e. The standard InChI is InChI=1S/C37H49N3O5/c1-11-37(9,10)40(34(43)30(38-35(44)45-36(6,7)8)22-27-16-18-28(41)19-17-27)32(29-20-15-23(2)21-26(29)5)33(42)39-31-24(3)13-12-14-25(31)4/h12-21,30,32,41H,11,22H2,1-10H3,(H,38,44)(H,39,42). The van der Waals surface area contributed by atoms with E-state index in [2.05, 4.69) is 10.6 Å². The van der Waals surface area contributed by atoms with E-state index < -0.39 is 35.2 Å². The van der Waals surface area contributed by atoms with Gasteiger partial charge in [0, 0.05) is 17.6 Å². The zero-order valence-electron chi connectivity index (χ0n) is 28.4. The molecule has 0 aliphatic carbocycles. The zero-order valence-corrected chi connectivity index (χ0v) is 28.4. The molecule has 242 valence electrons. The molecule has 8 heteroatoms. The van der Waals surface area contributed by atoms with E-state index >= 15 is 0 Å². The Kier molecular flexibility index (Phi) is 11.1. The molecular formula is C37H49N3O5. The number of para-hydroxylation sites is 1. The fourth-order valence-corrected chi connectivity index (χ4v) is 5.36. The molecule has 0 saturated heterocycles. The number of carbonyl (C=O) groups is 3. The van der Waals surface area contributed by atoms with Crippen molar-refractivity contribution < 1.29 is 24.2 Å². The molecule has 8 nitrogen and oxygen atoms in total. The normalized spacial score (nSPS) is 13.0. The van der Waals surface area contributed by atoms with Gasteiger partial charge in [0.25, 0.3) is 5.91 Å². The van der Waals surface area contributed by atoms with Gasteiger partial charge in [0.15, 0.2) is 0 Å². The monoisotopic (exact) mass is 615 g/mol. The van der Waals surface area contributed by atoms with Crippen LogP contribution in [0.15, 0.2) is 60.7 Å². The van der Waals surface area contributed by atoms with Crippen LogP contribution in [0.3, 0.4) is 0 Å². The Morgan fingerprint density at radius 3 is 2.00 bits per heavy atom. The van der Waals surface area contributed by atoms with Gasteiger partial charge in [0.05, 0.1) is 0 Å². The number of aryl methyl sites for hydroxylation is 4. The van der Waals surface area contributed by atoms with Crippen molar-refractivity contribution in [3.05, 3.63) is 94.0 Å². The van der Waals surface area contributed by atoms with Gasteiger partial charge in [-0.2, -0.15) is 0 Å². The third-order valence-electron chi connectivity index (χ3n) is 8.08. The van der Waals surface area contributed by atoms with Crippen LogP contribution in [-0.2, 0) is 20.7 Å². The molecule has 0 aliphatic heterocycles. The van der Waals surface area contributed by atoms with Gasteiger partial charge in [-0.3, -0.25) is 9.59 Å².